The van der Waals surface area contributed by atoms with Gasteiger partial charge in [0, 0.05) is 23.1 Å². The van der Waals surface area contributed by atoms with E-state index in [1.54, 1.807) is 7.11 Å². The van der Waals surface area contributed by atoms with Gasteiger partial charge in [0.25, 0.3) is 0 Å². The number of fused-ring (bicyclic) bond motifs is 2. The summed E-state index contributed by atoms with van der Waals surface area (Å²) >= 11 is 0. The van der Waals surface area contributed by atoms with Gasteiger partial charge in [0.05, 0.1) is 18.3 Å². The number of amides is 1. The fourth-order valence-electron chi connectivity index (χ4n) is 3.35. The van der Waals surface area contributed by atoms with E-state index in [1.165, 1.54) is 0 Å². The lowest BCUT2D eigenvalue weighted by molar-refractivity contribution is -0.115. The van der Waals surface area contributed by atoms with Crippen LogP contribution in [0, 0.1) is 13.8 Å². The highest BCUT2D eigenvalue weighted by molar-refractivity contribution is 5.96. The van der Waals surface area contributed by atoms with Gasteiger partial charge in [-0.1, -0.05) is 6.92 Å². The van der Waals surface area contributed by atoms with Gasteiger partial charge in [0.2, 0.25) is 18.4 Å². The Balaban J connectivity index is 1.85. The molecule has 0 saturated carbocycles. The number of nitrogens with zero attached hydrogens (tertiary/aromatic N) is 1. The van der Waals surface area contributed by atoms with Gasteiger partial charge in [-0.05, 0) is 55.3 Å². The fourth-order valence-corrected chi connectivity index (χ4v) is 3.35. The highest BCUT2D eigenvalue weighted by Crippen LogP contribution is 2.44. The van der Waals surface area contributed by atoms with Crippen LogP contribution in [-0.4, -0.2) is 24.8 Å². The lowest BCUT2D eigenvalue weighted by atomic mass is 10.0. The predicted octanol–water partition coefficient (Wildman–Crippen LogP) is 4.60. The minimum Gasteiger partial charge on any atom is -0.493 e. The van der Waals surface area contributed by atoms with E-state index >= 15 is 0 Å². The van der Waals surface area contributed by atoms with E-state index in [-0.39, 0.29) is 12.7 Å². The lowest BCUT2D eigenvalue weighted by Gasteiger charge is -2.13. The molecule has 6 nitrogen and oxygen atoms in total. The van der Waals surface area contributed by atoms with E-state index in [0.29, 0.717) is 23.7 Å². The van der Waals surface area contributed by atoms with Gasteiger partial charge in [0.1, 0.15) is 0 Å². The zero-order valence-electron chi connectivity index (χ0n) is 16.4. The highest BCUT2D eigenvalue weighted by Gasteiger charge is 2.21. The molecular weight excluding hydrogens is 356 g/mol. The molecule has 2 heterocycles. The van der Waals surface area contributed by atoms with Crippen LogP contribution in [0.15, 0.2) is 30.3 Å². The van der Waals surface area contributed by atoms with E-state index < -0.39 is 0 Å². The Bertz CT molecular complexity index is 1090. The Morgan fingerprint density at radius 2 is 1.96 bits per heavy atom. The van der Waals surface area contributed by atoms with E-state index in [2.05, 4.69) is 18.3 Å². The third-order valence-electron chi connectivity index (χ3n) is 4.91. The molecule has 0 unspecified atom stereocenters. The number of benzene rings is 2. The molecule has 0 saturated heterocycles. The number of hydrogen-bond acceptors (Lipinski definition) is 5. The summed E-state index contributed by atoms with van der Waals surface area (Å²) in [7, 11) is 1.60. The number of rotatable bonds is 4. The first-order chi connectivity index (χ1) is 13.5. The van der Waals surface area contributed by atoms with Gasteiger partial charge in [-0.2, -0.15) is 0 Å². The third-order valence-corrected chi connectivity index (χ3v) is 4.91. The molecule has 0 atom stereocenters. The third kappa shape index (κ3) is 3.11. The maximum absolute atomic E-state index is 11.8. The van der Waals surface area contributed by atoms with Gasteiger partial charge in [-0.15, -0.1) is 0 Å². The standard InChI is InChI=1S/C22H22N2O4/c1-5-21(25)24-16-10-18-15(6-13(16)3)12(2)7-17(23-18)14-8-19(26-4)22-20(9-14)27-11-28-22/h6-10H,5,11H2,1-4H3,(H,24,25). The Labute approximate surface area is 163 Å². The molecule has 3 aromatic rings. The van der Waals surface area contributed by atoms with Crippen LogP contribution < -0.4 is 19.5 Å². The summed E-state index contributed by atoms with van der Waals surface area (Å²) in [6, 6.07) is 9.84. The number of carbonyl (C=O) groups excluding carboxylic acids is 1. The van der Waals surface area contributed by atoms with Crippen LogP contribution in [0.25, 0.3) is 22.2 Å². The largest absolute Gasteiger partial charge is 0.493 e. The molecule has 1 aromatic heterocycles. The molecule has 1 aliphatic heterocycles. The van der Waals surface area contributed by atoms with Crippen molar-refractivity contribution in [3.8, 4) is 28.5 Å². The van der Waals surface area contributed by atoms with Gasteiger partial charge in [0.15, 0.2) is 11.5 Å². The fraction of sp³-hybridized carbons (Fsp3) is 0.273. The number of methoxy groups -OCH3 is 1. The number of nitrogens with one attached hydrogen (secondary N) is 1. The van der Waals surface area contributed by atoms with Crippen molar-refractivity contribution in [3.63, 3.8) is 0 Å². The summed E-state index contributed by atoms with van der Waals surface area (Å²) in [6.45, 7) is 6.06. The SMILES string of the molecule is CCC(=O)Nc1cc2nc(-c3cc(OC)c4c(c3)OCO4)cc(C)c2cc1C. The summed E-state index contributed by atoms with van der Waals surface area (Å²) < 4.78 is 16.5. The van der Waals surface area contributed by atoms with Crippen LogP contribution in [0.5, 0.6) is 17.2 Å². The first-order valence-corrected chi connectivity index (χ1v) is 9.20. The van der Waals surface area contributed by atoms with Crippen molar-refractivity contribution < 1.29 is 19.0 Å². The summed E-state index contributed by atoms with van der Waals surface area (Å²) in [5, 5.41) is 4.01. The quantitative estimate of drug-likeness (QED) is 0.718. The summed E-state index contributed by atoms with van der Waals surface area (Å²) in [5.41, 5.74) is 5.41. The molecule has 0 aliphatic carbocycles. The Morgan fingerprint density at radius 1 is 1.14 bits per heavy atom. The monoisotopic (exact) mass is 378 g/mol. The number of anilines is 1. The molecule has 1 amide bonds. The van der Waals surface area contributed by atoms with Crippen LogP contribution in [0.1, 0.15) is 24.5 Å². The lowest BCUT2D eigenvalue weighted by Crippen LogP contribution is -2.10. The molecule has 0 radical (unpaired) electrons. The van der Waals surface area contributed by atoms with Crippen LogP contribution >= 0.6 is 0 Å². The van der Waals surface area contributed by atoms with Gasteiger partial charge >= 0.3 is 0 Å². The average Bonchev–Trinajstić information content (AvgIpc) is 3.17. The van der Waals surface area contributed by atoms with E-state index in [9.17, 15) is 4.79 Å². The van der Waals surface area contributed by atoms with E-state index in [1.807, 2.05) is 38.1 Å². The molecule has 4 rings (SSSR count). The van der Waals surface area contributed by atoms with Crippen molar-refractivity contribution in [1.82, 2.24) is 4.98 Å². The Hall–Kier alpha value is -3.28. The maximum Gasteiger partial charge on any atom is 0.231 e. The molecule has 6 heteroatoms. The number of aryl methyl sites for hydroxylation is 2. The van der Waals surface area contributed by atoms with Crippen LogP contribution in [0.4, 0.5) is 5.69 Å². The van der Waals surface area contributed by atoms with Gasteiger partial charge in [-0.25, -0.2) is 4.98 Å². The maximum atomic E-state index is 11.8. The van der Waals surface area contributed by atoms with Crippen LogP contribution in [-0.2, 0) is 4.79 Å². The van der Waals surface area contributed by atoms with Gasteiger partial charge in [-0.3, -0.25) is 4.79 Å². The van der Waals surface area contributed by atoms with Crippen molar-refractivity contribution >= 4 is 22.5 Å². The molecule has 0 spiro atoms. The minimum atomic E-state index is -0.0177. The normalized spacial score (nSPS) is 12.3. The zero-order valence-corrected chi connectivity index (χ0v) is 16.4. The number of ether oxygens (including phenoxy) is 3. The Morgan fingerprint density at radius 3 is 2.71 bits per heavy atom. The van der Waals surface area contributed by atoms with Gasteiger partial charge < -0.3 is 19.5 Å². The number of hydrogen-bond donors (Lipinski definition) is 1. The first kappa shape index (κ1) is 18.1. The van der Waals surface area contributed by atoms with Crippen molar-refractivity contribution in [2.75, 3.05) is 19.2 Å². The molecule has 1 N–H and O–H groups in total. The molecule has 2 aromatic carbocycles. The summed E-state index contributed by atoms with van der Waals surface area (Å²) in [5.74, 6) is 1.86. The second kappa shape index (κ2) is 7.03. The number of carbonyl (C=O) groups is 1. The molecule has 0 fully saturated rings. The Kier molecular flexibility index (Phi) is 4.55. The zero-order chi connectivity index (χ0) is 19.8. The predicted molar refractivity (Wildman–Crippen MR) is 108 cm³/mol. The van der Waals surface area contributed by atoms with Crippen molar-refractivity contribution in [1.29, 1.82) is 0 Å². The smallest absolute Gasteiger partial charge is 0.231 e. The average molecular weight is 378 g/mol. The van der Waals surface area contributed by atoms with Crippen LogP contribution in [0.3, 0.4) is 0 Å². The molecular formula is C22H22N2O4. The molecule has 0 bridgehead atoms. The second-order valence-corrected chi connectivity index (χ2v) is 6.82. The van der Waals surface area contributed by atoms with Crippen LogP contribution in [0.2, 0.25) is 0 Å². The highest BCUT2D eigenvalue weighted by atomic mass is 16.7. The second-order valence-electron chi connectivity index (χ2n) is 6.82. The van der Waals surface area contributed by atoms with Crippen molar-refractivity contribution in [2.24, 2.45) is 0 Å². The van der Waals surface area contributed by atoms with Crippen molar-refractivity contribution in [2.45, 2.75) is 27.2 Å². The molecule has 1 aliphatic rings. The topological polar surface area (TPSA) is 69.7 Å². The van der Waals surface area contributed by atoms with E-state index in [4.69, 9.17) is 19.2 Å². The number of aromatic nitrogens is 1. The summed E-state index contributed by atoms with van der Waals surface area (Å²) in [6.07, 6.45) is 0.432. The summed E-state index contributed by atoms with van der Waals surface area (Å²) in [4.78, 5) is 16.7. The molecule has 144 valence electrons. The first-order valence-electron chi connectivity index (χ1n) is 9.20. The van der Waals surface area contributed by atoms with Crippen molar-refractivity contribution in [3.05, 3.63) is 41.5 Å². The molecule has 28 heavy (non-hydrogen) atoms. The minimum absolute atomic E-state index is 0.0177. The van der Waals surface area contributed by atoms with E-state index in [0.717, 1.165) is 39.0 Å². The number of pyridine rings is 1.